The summed E-state index contributed by atoms with van der Waals surface area (Å²) in [6.07, 6.45) is 3.29. The van der Waals surface area contributed by atoms with E-state index in [1.807, 2.05) is 60.7 Å². The number of anilines is 2. The number of barbiturate groups is 1. The van der Waals surface area contributed by atoms with Crippen molar-refractivity contribution < 1.29 is 23.9 Å². The van der Waals surface area contributed by atoms with E-state index in [1.54, 1.807) is 19.2 Å². The topological polar surface area (TPSA) is 88.2 Å². The molecular formula is C48H40BrN3O5. The first-order valence-corrected chi connectivity index (χ1v) is 20.0. The van der Waals surface area contributed by atoms with Gasteiger partial charge in [0.2, 0.25) is 0 Å². The molecule has 6 aromatic carbocycles. The Morgan fingerprint density at radius 3 is 2.07 bits per heavy atom. The van der Waals surface area contributed by atoms with Crippen LogP contribution in [0.3, 0.4) is 0 Å². The SMILES string of the molecule is COc1cc(/C=C2\C(=O)NC(=O)N(c3cc4c5c(c3)[C@H](c3ccccc3)CCN5CC[C@H]4c3ccccc3)C2=O)cc(Br)c1OCc1c(C)ccc2ccccc12. The molecule has 0 radical (unpaired) electrons. The summed E-state index contributed by atoms with van der Waals surface area (Å²) in [6.45, 7) is 4.19. The Hall–Kier alpha value is -6.19. The van der Waals surface area contributed by atoms with Gasteiger partial charge < -0.3 is 14.4 Å². The highest BCUT2D eigenvalue weighted by atomic mass is 79.9. The van der Waals surface area contributed by atoms with E-state index in [0.29, 0.717) is 33.8 Å². The molecule has 9 rings (SSSR count). The predicted octanol–water partition coefficient (Wildman–Crippen LogP) is 10.0. The second-order valence-electron chi connectivity index (χ2n) is 14.8. The fourth-order valence-corrected chi connectivity index (χ4v) is 9.35. The van der Waals surface area contributed by atoms with Crippen LogP contribution in [0.1, 0.15) is 63.6 Å². The van der Waals surface area contributed by atoms with Crippen molar-refractivity contribution in [2.45, 2.75) is 38.2 Å². The van der Waals surface area contributed by atoms with Crippen molar-refractivity contribution >= 4 is 62.0 Å². The van der Waals surface area contributed by atoms with Crippen molar-refractivity contribution in [3.63, 3.8) is 0 Å². The monoisotopic (exact) mass is 817 g/mol. The number of hydrogen-bond donors (Lipinski definition) is 1. The highest BCUT2D eigenvalue weighted by Gasteiger charge is 2.40. The van der Waals surface area contributed by atoms with Crippen LogP contribution in [-0.2, 0) is 16.2 Å². The number of fused-ring (bicyclic) bond motifs is 1. The highest BCUT2D eigenvalue weighted by Crippen LogP contribution is 2.50. The lowest BCUT2D eigenvalue weighted by atomic mass is 9.76. The number of imide groups is 2. The van der Waals surface area contributed by atoms with Gasteiger partial charge >= 0.3 is 6.03 Å². The Balaban J connectivity index is 1.09. The molecule has 3 aliphatic heterocycles. The van der Waals surface area contributed by atoms with E-state index in [4.69, 9.17) is 9.47 Å². The number of rotatable bonds is 8. The minimum atomic E-state index is -0.781. The molecule has 0 unspecified atom stereocenters. The predicted molar refractivity (Wildman–Crippen MR) is 227 cm³/mol. The first-order chi connectivity index (χ1) is 27.8. The highest BCUT2D eigenvalue weighted by molar-refractivity contribution is 9.10. The number of benzene rings is 6. The summed E-state index contributed by atoms with van der Waals surface area (Å²) in [5.41, 5.74) is 8.64. The van der Waals surface area contributed by atoms with Crippen LogP contribution in [0.25, 0.3) is 16.8 Å². The number of halogens is 1. The number of methoxy groups -OCH3 is 1. The number of urea groups is 1. The Kier molecular flexibility index (Phi) is 9.62. The van der Waals surface area contributed by atoms with Gasteiger partial charge in [0.1, 0.15) is 12.2 Å². The molecule has 6 aromatic rings. The Bertz CT molecular complexity index is 2530. The van der Waals surface area contributed by atoms with E-state index in [2.05, 4.69) is 81.6 Å². The molecule has 0 spiro atoms. The van der Waals surface area contributed by atoms with Gasteiger partial charge in [0, 0.05) is 36.2 Å². The van der Waals surface area contributed by atoms with Crippen molar-refractivity contribution in [1.82, 2.24) is 5.32 Å². The lowest BCUT2D eigenvalue weighted by Crippen LogP contribution is -2.54. The standard InChI is InChI=1S/C48H40BrN3O5/c1-29-17-18-33-15-9-10-16-35(33)41(29)28-57-45-42(49)24-30(25-43(45)56-2)23-40-46(53)50-48(55)52(47(40)54)34-26-38-36(31-11-5-3-6-12-31)19-21-51-22-20-37(39(27-34)44(38)51)32-13-7-4-8-14-32/h3-18,23-27,36-37H,19-22,28H2,1-2H3,(H,50,53,55)/b40-23+/t36-,37-/m0/s1. The molecule has 0 bridgehead atoms. The van der Waals surface area contributed by atoms with Gasteiger partial charge in [0.05, 0.1) is 17.3 Å². The number of aryl methyl sites for hydroxylation is 1. The summed E-state index contributed by atoms with van der Waals surface area (Å²) in [4.78, 5) is 45.3. The zero-order valence-electron chi connectivity index (χ0n) is 31.6. The molecule has 3 aliphatic rings. The Labute approximate surface area is 339 Å². The van der Waals surface area contributed by atoms with Crippen molar-refractivity contribution in [1.29, 1.82) is 0 Å². The molecular weight excluding hydrogens is 778 g/mol. The second-order valence-corrected chi connectivity index (χ2v) is 15.7. The van der Waals surface area contributed by atoms with Crippen LogP contribution >= 0.6 is 15.9 Å². The third-order valence-corrected chi connectivity index (χ3v) is 12.1. The van der Waals surface area contributed by atoms with E-state index in [1.165, 1.54) is 22.9 Å². The molecule has 3 heterocycles. The number of carbonyl (C=O) groups is 3. The summed E-state index contributed by atoms with van der Waals surface area (Å²) >= 11 is 3.66. The van der Waals surface area contributed by atoms with Gasteiger partial charge in [-0.25, -0.2) is 9.69 Å². The first-order valence-electron chi connectivity index (χ1n) is 19.2. The number of carbonyl (C=O) groups excluding carboxylic acids is 3. The maximum atomic E-state index is 14.5. The van der Waals surface area contributed by atoms with Crippen LogP contribution in [0.15, 0.2) is 131 Å². The second kappa shape index (κ2) is 15.0. The number of ether oxygens (including phenoxy) is 2. The third-order valence-electron chi connectivity index (χ3n) is 11.6. The molecule has 1 fully saturated rings. The van der Waals surface area contributed by atoms with E-state index in [0.717, 1.165) is 63.9 Å². The van der Waals surface area contributed by atoms with Gasteiger partial charge in [-0.1, -0.05) is 97.1 Å². The molecule has 0 saturated carbocycles. The number of hydrogen-bond acceptors (Lipinski definition) is 6. The van der Waals surface area contributed by atoms with Gasteiger partial charge in [0.25, 0.3) is 11.8 Å². The van der Waals surface area contributed by atoms with Gasteiger partial charge in [-0.05, 0) is 110 Å². The van der Waals surface area contributed by atoms with Crippen LogP contribution in [0.5, 0.6) is 11.5 Å². The maximum absolute atomic E-state index is 14.5. The number of nitrogens with zero attached hydrogens (tertiary/aromatic N) is 2. The summed E-state index contributed by atoms with van der Waals surface area (Å²) in [5.74, 6) is -0.420. The normalized spacial score (nSPS) is 18.4. The fourth-order valence-electron chi connectivity index (χ4n) is 8.77. The van der Waals surface area contributed by atoms with Crippen LogP contribution in [0.4, 0.5) is 16.2 Å². The lowest BCUT2D eigenvalue weighted by molar-refractivity contribution is -0.122. The summed E-state index contributed by atoms with van der Waals surface area (Å²) < 4.78 is 12.7. The van der Waals surface area contributed by atoms with Crippen LogP contribution in [0.2, 0.25) is 0 Å². The van der Waals surface area contributed by atoms with Crippen LogP contribution in [-0.4, -0.2) is 38.0 Å². The van der Waals surface area contributed by atoms with E-state index in [-0.39, 0.29) is 17.4 Å². The van der Waals surface area contributed by atoms with E-state index >= 15 is 0 Å². The lowest BCUT2D eigenvalue weighted by Gasteiger charge is -2.44. The summed E-state index contributed by atoms with van der Waals surface area (Å²) in [6, 6.07) is 39.8. The average molecular weight is 819 g/mol. The Morgan fingerprint density at radius 1 is 0.789 bits per heavy atom. The summed E-state index contributed by atoms with van der Waals surface area (Å²) in [7, 11) is 1.54. The molecule has 57 heavy (non-hydrogen) atoms. The van der Waals surface area contributed by atoms with Gasteiger partial charge in [-0.15, -0.1) is 0 Å². The molecule has 8 nitrogen and oxygen atoms in total. The van der Waals surface area contributed by atoms with Crippen LogP contribution < -0.4 is 24.6 Å². The first kappa shape index (κ1) is 36.4. The minimum Gasteiger partial charge on any atom is -0.493 e. The molecule has 9 heteroatoms. The summed E-state index contributed by atoms with van der Waals surface area (Å²) in [5, 5.41) is 4.69. The molecule has 284 valence electrons. The van der Waals surface area contributed by atoms with Crippen molar-refractivity contribution in [2.24, 2.45) is 0 Å². The zero-order chi connectivity index (χ0) is 39.2. The number of nitrogens with one attached hydrogen (secondary N) is 1. The van der Waals surface area contributed by atoms with Crippen molar-refractivity contribution in [2.75, 3.05) is 30.0 Å². The average Bonchev–Trinajstić information content (AvgIpc) is 3.23. The van der Waals surface area contributed by atoms with E-state index in [9.17, 15) is 14.4 Å². The quantitative estimate of drug-likeness (QED) is 0.122. The third kappa shape index (κ3) is 6.65. The molecule has 0 aliphatic carbocycles. The number of amides is 4. The minimum absolute atomic E-state index is 0.0698. The van der Waals surface area contributed by atoms with Gasteiger partial charge in [-0.2, -0.15) is 0 Å². The molecule has 0 aromatic heterocycles. The molecule has 4 amide bonds. The van der Waals surface area contributed by atoms with Crippen molar-refractivity contribution in [3.05, 3.63) is 170 Å². The van der Waals surface area contributed by atoms with Crippen LogP contribution in [0, 0.1) is 6.92 Å². The zero-order valence-corrected chi connectivity index (χ0v) is 33.2. The molecule has 1 saturated heterocycles. The maximum Gasteiger partial charge on any atom is 0.335 e. The Morgan fingerprint density at radius 2 is 1.42 bits per heavy atom. The largest absolute Gasteiger partial charge is 0.493 e. The van der Waals surface area contributed by atoms with Gasteiger partial charge in [-0.3, -0.25) is 14.9 Å². The fraction of sp³-hybridized carbons (Fsp3) is 0.188. The van der Waals surface area contributed by atoms with Gasteiger partial charge in [0.15, 0.2) is 11.5 Å². The van der Waals surface area contributed by atoms with E-state index < -0.39 is 17.8 Å². The molecule has 1 N–H and O–H groups in total. The molecule has 2 atom stereocenters. The van der Waals surface area contributed by atoms with Crippen molar-refractivity contribution in [3.8, 4) is 11.5 Å². The smallest absolute Gasteiger partial charge is 0.335 e.